The number of rotatable bonds is 2. The molecule has 0 aliphatic rings. The highest BCUT2D eigenvalue weighted by Crippen LogP contribution is 2.18. The summed E-state index contributed by atoms with van der Waals surface area (Å²) in [4.78, 5) is 11.6. The Labute approximate surface area is 106 Å². The van der Waals surface area contributed by atoms with Gasteiger partial charge in [0.05, 0.1) is 0 Å². The van der Waals surface area contributed by atoms with E-state index in [-0.39, 0.29) is 0 Å². The van der Waals surface area contributed by atoms with Crippen molar-refractivity contribution >= 4 is 6.16 Å². The maximum Gasteiger partial charge on any atom is 0.519 e. The molecule has 92 valence electrons. The molecule has 18 heavy (non-hydrogen) atoms. The Balaban J connectivity index is 2.01. The summed E-state index contributed by atoms with van der Waals surface area (Å²) in [5, 5.41) is 0. The average molecular weight is 242 g/mol. The first kappa shape index (κ1) is 12.2. The highest BCUT2D eigenvalue weighted by molar-refractivity contribution is 5.67. The van der Waals surface area contributed by atoms with Crippen molar-refractivity contribution in [1.82, 2.24) is 0 Å². The molecule has 2 aromatic rings. The summed E-state index contributed by atoms with van der Waals surface area (Å²) < 4.78 is 10.2. The lowest BCUT2D eigenvalue weighted by molar-refractivity contribution is 0.151. The third-order valence-corrected chi connectivity index (χ3v) is 2.51. The van der Waals surface area contributed by atoms with E-state index in [4.69, 9.17) is 9.47 Å². The van der Waals surface area contributed by atoms with Gasteiger partial charge in [-0.15, -0.1) is 0 Å². The summed E-state index contributed by atoms with van der Waals surface area (Å²) in [6.45, 7) is 3.84. The van der Waals surface area contributed by atoms with E-state index < -0.39 is 6.16 Å². The van der Waals surface area contributed by atoms with Gasteiger partial charge in [0.15, 0.2) is 0 Å². The second-order valence-electron chi connectivity index (χ2n) is 4.03. The molecule has 0 spiro atoms. The molecule has 0 saturated carbocycles. The number of aryl methyl sites for hydroxylation is 2. The van der Waals surface area contributed by atoms with Crippen molar-refractivity contribution in [1.29, 1.82) is 0 Å². The van der Waals surface area contributed by atoms with Crippen LogP contribution in [0.5, 0.6) is 11.5 Å². The zero-order valence-electron chi connectivity index (χ0n) is 10.3. The van der Waals surface area contributed by atoms with Crippen LogP contribution in [0, 0.1) is 13.8 Å². The highest BCUT2D eigenvalue weighted by Gasteiger charge is 2.09. The molecule has 0 amide bonds. The molecule has 2 rings (SSSR count). The largest absolute Gasteiger partial charge is 0.519 e. The third-order valence-electron chi connectivity index (χ3n) is 2.51. The highest BCUT2D eigenvalue weighted by atomic mass is 16.7. The number of benzene rings is 2. The lowest BCUT2D eigenvalue weighted by Gasteiger charge is -2.07. The molecule has 0 fully saturated rings. The van der Waals surface area contributed by atoms with Gasteiger partial charge in [0.25, 0.3) is 0 Å². The maximum atomic E-state index is 11.6. The minimum Gasteiger partial charge on any atom is -0.395 e. The molecular formula is C15H14O3. The molecular weight excluding hydrogens is 228 g/mol. The van der Waals surface area contributed by atoms with E-state index in [9.17, 15) is 4.79 Å². The van der Waals surface area contributed by atoms with Crippen LogP contribution in [-0.2, 0) is 0 Å². The summed E-state index contributed by atoms with van der Waals surface area (Å²) in [6.07, 6.45) is -0.729. The first-order chi connectivity index (χ1) is 8.65. The van der Waals surface area contributed by atoms with E-state index in [1.165, 1.54) is 0 Å². The van der Waals surface area contributed by atoms with Crippen molar-refractivity contribution in [2.45, 2.75) is 13.8 Å². The Morgan fingerprint density at radius 3 is 2.22 bits per heavy atom. The van der Waals surface area contributed by atoms with Gasteiger partial charge in [-0.05, 0) is 37.6 Å². The summed E-state index contributed by atoms with van der Waals surface area (Å²) in [5.41, 5.74) is 1.99. The Morgan fingerprint density at radius 1 is 0.889 bits per heavy atom. The van der Waals surface area contributed by atoms with Gasteiger partial charge < -0.3 is 9.47 Å². The zero-order chi connectivity index (χ0) is 13.0. The molecule has 3 nitrogen and oxygen atoms in total. The SMILES string of the molecule is Cc1ccc(OC(=O)Oc2ccccc2C)cc1. The van der Waals surface area contributed by atoms with Gasteiger partial charge in [0.2, 0.25) is 0 Å². The predicted molar refractivity (Wildman–Crippen MR) is 69.0 cm³/mol. The molecule has 0 bridgehead atoms. The number of para-hydroxylation sites is 1. The van der Waals surface area contributed by atoms with Gasteiger partial charge in [-0.1, -0.05) is 35.9 Å². The summed E-state index contributed by atoms with van der Waals surface area (Å²) in [7, 11) is 0. The van der Waals surface area contributed by atoms with Crippen LogP contribution < -0.4 is 9.47 Å². The lowest BCUT2D eigenvalue weighted by Crippen LogP contribution is -2.14. The Bertz CT molecular complexity index is 544. The fourth-order valence-electron chi connectivity index (χ4n) is 1.48. The van der Waals surface area contributed by atoms with Gasteiger partial charge in [-0.2, -0.15) is 0 Å². The van der Waals surface area contributed by atoms with E-state index in [1.54, 1.807) is 18.2 Å². The van der Waals surface area contributed by atoms with Gasteiger partial charge >= 0.3 is 6.16 Å². The van der Waals surface area contributed by atoms with Crippen molar-refractivity contribution in [3.05, 3.63) is 59.7 Å². The predicted octanol–water partition coefficient (Wildman–Crippen LogP) is 3.88. The van der Waals surface area contributed by atoms with Crippen LogP contribution in [0.1, 0.15) is 11.1 Å². The quantitative estimate of drug-likeness (QED) is 0.592. The van der Waals surface area contributed by atoms with Gasteiger partial charge in [0, 0.05) is 0 Å². The molecule has 0 aliphatic heterocycles. The average Bonchev–Trinajstić information content (AvgIpc) is 2.35. The lowest BCUT2D eigenvalue weighted by atomic mass is 10.2. The first-order valence-corrected chi connectivity index (χ1v) is 5.67. The normalized spacial score (nSPS) is 9.89. The van der Waals surface area contributed by atoms with Crippen molar-refractivity contribution < 1.29 is 14.3 Å². The van der Waals surface area contributed by atoms with Gasteiger partial charge in [0.1, 0.15) is 11.5 Å². The molecule has 3 heteroatoms. The Hall–Kier alpha value is -2.29. The summed E-state index contributed by atoms with van der Waals surface area (Å²) in [5.74, 6) is 0.980. The molecule has 0 aliphatic carbocycles. The van der Waals surface area contributed by atoms with Gasteiger partial charge in [-0.25, -0.2) is 4.79 Å². The number of carbonyl (C=O) groups excluding carboxylic acids is 1. The minimum absolute atomic E-state index is 0.471. The van der Waals surface area contributed by atoms with Gasteiger partial charge in [-0.3, -0.25) is 0 Å². The van der Waals surface area contributed by atoms with Crippen molar-refractivity contribution in [3.63, 3.8) is 0 Å². The first-order valence-electron chi connectivity index (χ1n) is 5.67. The topological polar surface area (TPSA) is 35.5 Å². The smallest absolute Gasteiger partial charge is 0.395 e. The van der Waals surface area contributed by atoms with Crippen molar-refractivity contribution in [2.24, 2.45) is 0 Å². The van der Waals surface area contributed by atoms with Crippen LogP contribution in [0.15, 0.2) is 48.5 Å². The standard InChI is InChI=1S/C15H14O3/c1-11-7-9-13(10-8-11)17-15(16)18-14-6-4-3-5-12(14)2/h3-10H,1-2H3. The number of hydrogen-bond donors (Lipinski definition) is 0. The van der Waals surface area contributed by atoms with Crippen LogP contribution >= 0.6 is 0 Å². The zero-order valence-corrected chi connectivity index (χ0v) is 10.3. The van der Waals surface area contributed by atoms with E-state index in [0.29, 0.717) is 11.5 Å². The van der Waals surface area contributed by atoms with Crippen molar-refractivity contribution in [2.75, 3.05) is 0 Å². The Kier molecular flexibility index (Phi) is 3.63. The van der Waals surface area contributed by atoms with E-state index in [1.807, 2.05) is 44.2 Å². The monoisotopic (exact) mass is 242 g/mol. The van der Waals surface area contributed by atoms with Crippen LogP contribution in [0.2, 0.25) is 0 Å². The molecule has 0 unspecified atom stereocenters. The molecule has 0 radical (unpaired) electrons. The number of ether oxygens (including phenoxy) is 2. The fraction of sp³-hybridized carbons (Fsp3) is 0.133. The van der Waals surface area contributed by atoms with E-state index in [2.05, 4.69) is 0 Å². The van der Waals surface area contributed by atoms with Crippen molar-refractivity contribution in [3.8, 4) is 11.5 Å². The summed E-state index contributed by atoms with van der Waals surface area (Å²) in [6, 6.07) is 14.5. The second kappa shape index (κ2) is 5.36. The molecule has 0 atom stereocenters. The molecule has 0 N–H and O–H groups in total. The second-order valence-corrected chi connectivity index (χ2v) is 4.03. The molecule has 0 heterocycles. The van der Waals surface area contributed by atoms with Crippen LogP contribution in [0.3, 0.4) is 0 Å². The van der Waals surface area contributed by atoms with Crippen LogP contribution in [0.25, 0.3) is 0 Å². The van der Waals surface area contributed by atoms with Crippen LogP contribution in [-0.4, -0.2) is 6.16 Å². The van der Waals surface area contributed by atoms with Crippen LogP contribution in [0.4, 0.5) is 4.79 Å². The molecule has 2 aromatic carbocycles. The fourth-order valence-corrected chi connectivity index (χ4v) is 1.48. The minimum atomic E-state index is -0.729. The summed E-state index contributed by atoms with van der Waals surface area (Å²) >= 11 is 0. The number of carbonyl (C=O) groups is 1. The molecule has 0 saturated heterocycles. The van der Waals surface area contributed by atoms with E-state index >= 15 is 0 Å². The Morgan fingerprint density at radius 2 is 1.56 bits per heavy atom. The third kappa shape index (κ3) is 3.10. The maximum absolute atomic E-state index is 11.6. The van der Waals surface area contributed by atoms with E-state index in [0.717, 1.165) is 11.1 Å². The molecule has 0 aromatic heterocycles. The number of hydrogen-bond acceptors (Lipinski definition) is 3.